The molecule has 49 heavy (non-hydrogen) atoms. The van der Waals surface area contributed by atoms with E-state index in [9.17, 15) is 22.8 Å². The number of likely N-dealkylation sites (N-methyl/N-ethyl adjacent to an activating group) is 1. The number of nitrogens with one attached hydrogen (secondary N) is 2. The highest BCUT2D eigenvalue weighted by Gasteiger charge is 2.44. The van der Waals surface area contributed by atoms with Gasteiger partial charge < -0.3 is 24.4 Å². The third kappa shape index (κ3) is 6.21. The molecule has 1 aliphatic carbocycles. The predicted molar refractivity (Wildman–Crippen MR) is 187 cm³/mol. The number of fused-ring (bicyclic) bond motifs is 7. The van der Waals surface area contributed by atoms with Crippen molar-refractivity contribution >= 4 is 38.8 Å². The van der Waals surface area contributed by atoms with Crippen LogP contribution in [-0.4, -0.2) is 104 Å². The van der Waals surface area contributed by atoms with Crippen LogP contribution in [0.1, 0.15) is 72.3 Å². The van der Waals surface area contributed by atoms with Crippen LogP contribution in [0.5, 0.6) is 5.75 Å². The zero-order chi connectivity index (χ0) is 34.6. The number of rotatable bonds is 6. The molecule has 262 valence electrons. The molecule has 3 fully saturated rings. The van der Waals surface area contributed by atoms with Crippen LogP contribution in [0.25, 0.3) is 22.2 Å². The van der Waals surface area contributed by atoms with Crippen molar-refractivity contribution < 1.29 is 27.5 Å². The molecule has 3 atom stereocenters. The van der Waals surface area contributed by atoms with E-state index >= 15 is 0 Å². The molecule has 3 amide bonds. The second-order valence-corrected chi connectivity index (χ2v) is 16.3. The molecular formula is C36H46N6O6S. The van der Waals surface area contributed by atoms with Gasteiger partial charge in [-0.15, -0.1) is 0 Å². The van der Waals surface area contributed by atoms with Gasteiger partial charge in [0.25, 0.3) is 5.91 Å². The predicted octanol–water partition coefficient (Wildman–Crippen LogP) is 3.25. The first-order chi connectivity index (χ1) is 23.4. The average Bonchev–Trinajstić information content (AvgIpc) is 3.47. The highest BCUT2D eigenvalue weighted by atomic mass is 32.2. The highest BCUT2D eigenvalue weighted by molar-refractivity contribution is 7.87. The summed E-state index contributed by atoms with van der Waals surface area (Å²) in [4.78, 5) is 44.8. The van der Waals surface area contributed by atoms with Gasteiger partial charge in [0.05, 0.1) is 18.8 Å². The summed E-state index contributed by atoms with van der Waals surface area (Å²) in [5.74, 6) is -0.786. The van der Waals surface area contributed by atoms with Crippen molar-refractivity contribution in [3.63, 3.8) is 0 Å². The fraction of sp³-hybridized carbons (Fsp3) is 0.528. The van der Waals surface area contributed by atoms with E-state index in [1.54, 1.807) is 24.1 Å². The summed E-state index contributed by atoms with van der Waals surface area (Å²) in [5, 5.41) is 4.13. The maximum absolute atomic E-state index is 13.8. The van der Waals surface area contributed by atoms with Crippen molar-refractivity contribution in [1.82, 2.24) is 28.7 Å². The molecule has 12 nitrogen and oxygen atoms in total. The molecular weight excluding hydrogens is 644 g/mol. The van der Waals surface area contributed by atoms with Gasteiger partial charge in [0.1, 0.15) is 5.75 Å². The monoisotopic (exact) mass is 690 g/mol. The maximum Gasteiger partial charge on any atom is 0.312 e. The second-order valence-electron chi connectivity index (χ2n) is 14.4. The third-order valence-electron chi connectivity index (χ3n) is 10.9. The summed E-state index contributed by atoms with van der Waals surface area (Å²) in [6.45, 7) is 1.90. The van der Waals surface area contributed by atoms with Crippen molar-refractivity contribution in [3.8, 4) is 17.0 Å². The number of aromatic nitrogens is 1. The summed E-state index contributed by atoms with van der Waals surface area (Å²) in [6, 6.07) is 11.1. The minimum absolute atomic E-state index is 0.0417. The number of ether oxygens (including phenoxy) is 1. The Hall–Kier alpha value is -3.94. The van der Waals surface area contributed by atoms with E-state index in [2.05, 4.69) is 32.6 Å². The molecule has 2 N–H and O–H groups in total. The largest absolute Gasteiger partial charge is 0.497 e. The molecule has 3 aromatic rings. The zero-order valence-corrected chi connectivity index (χ0v) is 29.5. The number of carbonyl (C=O) groups excluding carboxylic acids is 3. The molecule has 2 bridgehead atoms. The number of benzene rings is 2. The van der Waals surface area contributed by atoms with Crippen LogP contribution < -0.4 is 14.8 Å². The molecule has 3 aliphatic heterocycles. The molecule has 2 saturated heterocycles. The number of hydrogen-bond acceptors (Lipinski definition) is 7. The Labute approximate surface area is 287 Å². The number of nitrogens with zero attached hydrogens (tertiary/aromatic N) is 4. The number of methoxy groups -OCH3 is 1. The SMILES string of the molecule is COc1ccc2c(c1)CC(NC(=O)C(=O)N1C3CCC1CN(C)C3)Cn1c-2c(C2CCCCC2)c2ccc(C(=O)NS(=O)(=O)N(C)C)cc21. The van der Waals surface area contributed by atoms with Crippen LogP contribution >= 0.6 is 0 Å². The van der Waals surface area contributed by atoms with E-state index in [-0.39, 0.29) is 17.6 Å². The van der Waals surface area contributed by atoms with Gasteiger partial charge in [0.15, 0.2) is 0 Å². The Morgan fingerprint density at radius 2 is 1.63 bits per heavy atom. The molecule has 0 radical (unpaired) electrons. The van der Waals surface area contributed by atoms with E-state index in [1.807, 2.05) is 18.2 Å². The lowest BCUT2D eigenvalue weighted by molar-refractivity contribution is -0.150. The lowest BCUT2D eigenvalue weighted by Gasteiger charge is -2.39. The Morgan fingerprint density at radius 3 is 2.31 bits per heavy atom. The van der Waals surface area contributed by atoms with Crippen LogP contribution in [0, 0.1) is 0 Å². The average molecular weight is 691 g/mol. The molecule has 2 aromatic carbocycles. The number of amides is 3. The van der Waals surface area contributed by atoms with Crippen molar-refractivity contribution in [1.29, 1.82) is 0 Å². The quantitative estimate of drug-likeness (QED) is 0.380. The van der Waals surface area contributed by atoms with Gasteiger partial charge in [-0.2, -0.15) is 12.7 Å². The first kappa shape index (κ1) is 33.6. The molecule has 4 heterocycles. The van der Waals surface area contributed by atoms with Gasteiger partial charge in [-0.05, 0) is 86.5 Å². The summed E-state index contributed by atoms with van der Waals surface area (Å²) in [5.41, 5.74) is 5.29. The van der Waals surface area contributed by atoms with Crippen LogP contribution in [0.4, 0.5) is 0 Å². The van der Waals surface area contributed by atoms with E-state index in [1.165, 1.54) is 26.1 Å². The van der Waals surface area contributed by atoms with E-state index in [0.29, 0.717) is 24.6 Å². The summed E-state index contributed by atoms with van der Waals surface area (Å²) in [6.07, 6.45) is 7.83. The first-order valence-corrected chi connectivity index (χ1v) is 18.8. The minimum Gasteiger partial charge on any atom is -0.497 e. The fourth-order valence-electron chi connectivity index (χ4n) is 8.62. The summed E-state index contributed by atoms with van der Waals surface area (Å²) < 4.78 is 36.0. The number of carbonyl (C=O) groups is 3. The summed E-state index contributed by atoms with van der Waals surface area (Å²) >= 11 is 0. The highest BCUT2D eigenvalue weighted by Crippen LogP contribution is 2.46. The molecule has 1 saturated carbocycles. The topological polar surface area (TPSA) is 133 Å². The van der Waals surface area contributed by atoms with Gasteiger partial charge in [-0.3, -0.25) is 14.4 Å². The number of likely N-dealkylation sites (tertiary alicyclic amines) is 1. The Kier molecular flexibility index (Phi) is 8.95. The van der Waals surface area contributed by atoms with Crippen LogP contribution in [0.2, 0.25) is 0 Å². The van der Waals surface area contributed by atoms with Crippen molar-refractivity contribution in [2.45, 2.75) is 82.0 Å². The normalized spacial score (nSPS) is 22.8. The van der Waals surface area contributed by atoms with Gasteiger partial charge in [-0.1, -0.05) is 25.3 Å². The molecule has 4 aliphatic rings. The van der Waals surface area contributed by atoms with E-state index in [0.717, 1.165) is 83.6 Å². The number of piperazine rings is 1. The Balaban J connectivity index is 1.32. The van der Waals surface area contributed by atoms with Crippen LogP contribution in [0.15, 0.2) is 36.4 Å². The molecule has 3 unspecified atom stereocenters. The molecule has 7 rings (SSSR count). The fourth-order valence-corrected chi connectivity index (χ4v) is 9.16. The van der Waals surface area contributed by atoms with Crippen molar-refractivity contribution in [2.24, 2.45) is 0 Å². The lowest BCUT2D eigenvalue weighted by atomic mass is 9.81. The Bertz CT molecular complexity index is 1900. The third-order valence-corrected chi connectivity index (χ3v) is 12.4. The van der Waals surface area contributed by atoms with Crippen molar-refractivity contribution in [2.75, 3.05) is 41.3 Å². The van der Waals surface area contributed by atoms with Gasteiger partial charge >= 0.3 is 22.0 Å². The molecule has 1 aromatic heterocycles. The second kappa shape index (κ2) is 13.1. The Morgan fingerprint density at radius 1 is 0.918 bits per heavy atom. The lowest BCUT2D eigenvalue weighted by Crippen LogP contribution is -2.58. The smallest absolute Gasteiger partial charge is 0.312 e. The van der Waals surface area contributed by atoms with E-state index < -0.39 is 34.0 Å². The zero-order valence-electron chi connectivity index (χ0n) is 28.7. The summed E-state index contributed by atoms with van der Waals surface area (Å²) in [7, 11) is 2.42. The number of hydrogen-bond donors (Lipinski definition) is 2. The molecule has 0 spiro atoms. The minimum atomic E-state index is -4.00. The first-order valence-electron chi connectivity index (χ1n) is 17.3. The van der Waals surface area contributed by atoms with Crippen LogP contribution in [0.3, 0.4) is 0 Å². The standard InChI is InChI=1S/C36H46N6O6S/c1-39(2)49(46,47)38-34(43)23-10-14-30-31(18-23)41-19-25(37-35(44)36(45)42-26-11-12-27(42)21-40(3)20-26)16-24-17-28(48-4)13-15-29(24)33(41)32(30)22-8-6-5-7-9-22/h10,13-15,17-18,22,25-27H,5-9,11-12,16,19-21H2,1-4H3,(H,37,44)(H,38,43). The van der Waals surface area contributed by atoms with Gasteiger partial charge in [-0.25, -0.2) is 4.72 Å². The maximum atomic E-state index is 13.8. The van der Waals surface area contributed by atoms with Gasteiger partial charge in [0.2, 0.25) is 0 Å². The van der Waals surface area contributed by atoms with Gasteiger partial charge in [0, 0.05) is 67.8 Å². The van der Waals surface area contributed by atoms with E-state index in [4.69, 9.17) is 4.74 Å². The van der Waals surface area contributed by atoms with Crippen molar-refractivity contribution in [3.05, 3.63) is 53.1 Å². The van der Waals surface area contributed by atoms with Crippen LogP contribution in [-0.2, 0) is 32.8 Å². The molecule has 13 heteroatoms.